The maximum atomic E-state index is 12.9. The van der Waals surface area contributed by atoms with Crippen LogP contribution in [0.25, 0.3) is 10.9 Å². The Morgan fingerprint density at radius 2 is 1.83 bits per heavy atom. The molecule has 1 spiro atoms. The standard InChI is InChI=1S/C20H27N3O/c1-22-11-2-6-20(7-12-22)8-13-23(14-9-20)19(24)17-4-3-16-5-10-21-18(16)15-17/h3-5,10,15,21H,2,6-9,11-14H2,1H3. The molecule has 2 aliphatic heterocycles. The van der Waals surface area contributed by atoms with Gasteiger partial charge in [0.15, 0.2) is 0 Å². The number of aromatic nitrogens is 1. The second-order valence-corrected chi connectivity index (χ2v) is 7.73. The molecule has 4 heteroatoms. The summed E-state index contributed by atoms with van der Waals surface area (Å²) in [5.74, 6) is 0.187. The molecule has 1 amide bonds. The van der Waals surface area contributed by atoms with Gasteiger partial charge in [0, 0.05) is 30.4 Å². The van der Waals surface area contributed by atoms with Gasteiger partial charge in [-0.15, -0.1) is 0 Å². The van der Waals surface area contributed by atoms with Gasteiger partial charge in [0.25, 0.3) is 5.91 Å². The summed E-state index contributed by atoms with van der Waals surface area (Å²) >= 11 is 0. The van der Waals surface area contributed by atoms with Gasteiger partial charge in [0.05, 0.1) is 0 Å². The number of H-pyrrole nitrogens is 1. The summed E-state index contributed by atoms with van der Waals surface area (Å²) in [6, 6.07) is 8.02. The topological polar surface area (TPSA) is 39.3 Å². The van der Waals surface area contributed by atoms with Gasteiger partial charge in [0.2, 0.25) is 0 Å². The number of nitrogens with one attached hydrogen (secondary N) is 1. The molecule has 128 valence electrons. The van der Waals surface area contributed by atoms with Crippen molar-refractivity contribution in [3.8, 4) is 0 Å². The number of benzene rings is 1. The largest absolute Gasteiger partial charge is 0.361 e. The fraction of sp³-hybridized carbons (Fsp3) is 0.550. The number of piperidine rings is 1. The molecule has 4 rings (SSSR count). The third kappa shape index (κ3) is 2.95. The van der Waals surface area contributed by atoms with Gasteiger partial charge in [-0.25, -0.2) is 0 Å². The van der Waals surface area contributed by atoms with Crippen LogP contribution in [0.3, 0.4) is 0 Å². The Morgan fingerprint density at radius 1 is 1.04 bits per heavy atom. The van der Waals surface area contributed by atoms with Gasteiger partial charge in [-0.1, -0.05) is 6.07 Å². The zero-order chi connectivity index (χ0) is 16.6. The Hall–Kier alpha value is -1.81. The minimum Gasteiger partial charge on any atom is -0.361 e. The average Bonchev–Trinajstić information content (AvgIpc) is 3.00. The van der Waals surface area contributed by atoms with Crippen molar-refractivity contribution in [2.75, 3.05) is 33.2 Å². The fourth-order valence-corrected chi connectivity index (χ4v) is 4.44. The van der Waals surface area contributed by atoms with Gasteiger partial charge >= 0.3 is 0 Å². The van der Waals surface area contributed by atoms with E-state index in [-0.39, 0.29) is 5.91 Å². The fourth-order valence-electron chi connectivity index (χ4n) is 4.44. The second-order valence-electron chi connectivity index (χ2n) is 7.73. The highest BCUT2D eigenvalue weighted by molar-refractivity contribution is 5.98. The van der Waals surface area contributed by atoms with Gasteiger partial charge < -0.3 is 14.8 Å². The van der Waals surface area contributed by atoms with Gasteiger partial charge in [-0.3, -0.25) is 4.79 Å². The first kappa shape index (κ1) is 15.7. The molecule has 3 heterocycles. The van der Waals surface area contributed by atoms with Crippen molar-refractivity contribution < 1.29 is 4.79 Å². The van der Waals surface area contributed by atoms with Crippen LogP contribution in [-0.2, 0) is 0 Å². The molecule has 0 atom stereocenters. The molecule has 2 saturated heterocycles. The summed E-state index contributed by atoms with van der Waals surface area (Å²) in [5.41, 5.74) is 2.33. The molecule has 0 unspecified atom stereocenters. The molecule has 1 N–H and O–H groups in total. The Kier molecular flexibility index (Phi) is 4.09. The van der Waals surface area contributed by atoms with Crippen LogP contribution in [0.5, 0.6) is 0 Å². The summed E-state index contributed by atoms with van der Waals surface area (Å²) in [6.07, 6.45) is 8.17. The smallest absolute Gasteiger partial charge is 0.253 e. The number of hydrogen-bond donors (Lipinski definition) is 1. The number of nitrogens with zero attached hydrogens (tertiary/aromatic N) is 2. The maximum Gasteiger partial charge on any atom is 0.253 e. The van der Waals surface area contributed by atoms with E-state index in [4.69, 9.17) is 0 Å². The van der Waals surface area contributed by atoms with E-state index < -0.39 is 0 Å². The number of carbonyl (C=O) groups is 1. The SMILES string of the molecule is CN1CCCC2(CC1)CCN(C(=O)c1ccc3cc[nH]c3c1)CC2. The highest BCUT2D eigenvalue weighted by Crippen LogP contribution is 2.41. The summed E-state index contributed by atoms with van der Waals surface area (Å²) in [6.45, 7) is 4.24. The van der Waals surface area contributed by atoms with Crippen LogP contribution in [0, 0.1) is 5.41 Å². The van der Waals surface area contributed by atoms with Crippen molar-refractivity contribution in [1.29, 1.82) is 0 Å². The number of amides is 1. The molecule has 2 aromatic rings. The highest BCUT2D eigenvalue weighted by atomic mass is 16.2. The first-order chi connectivity index (χ1) is 11.7. The lowest BCUT2D eigenvalue weighted by Gasteiger charge is -2.41. The maximum absolute atomic E-state index is 12.9. The zero-order valence-electron chi connectivity index (χ0n) is 14.6. The molecular weight excluding hydrogens is 298 g/mol. The van der Waals surface area contributed by atoms with Crippen molar-refractivity contribution >= 4 is 16.8 Å². The van der Waals surface area contributed by atoms with Crippen molar-refractivity contribution in [1.82, 2.24) is 14.8 Å². The second kappa shape index (κ2) is 6.25. The minimum absolute atomic E-state index is 0.187. The lowest BCUT2D eigenvalue weighted by Crippen LogP contribution is -2.43. The number of carbonyl (C=O) groups excluding carboxylic acids is 1. The third-order valence-electron chi connectivity index (χ3n) is 6.18. The number of likely N-dealkylation sites (tertiary alicyclic amines) is 2. The number of aromatic amines is 1. The molecule has 24 heavy (non-hydrogen) atoms. The molecule has 0 radical (unpaired) electrons. The van der Waals surface area contributed by atoms with Crippen molar-refractivity contribution in [3.05, 3.63) is 36.0 Å². The van der Waals surface area contributed by atoms with Gasteiger partial charge in [-0.05, 0) is 81.2 Å². The summed E-state index contributed by atoms with van der Waals surface area (Å²) < 4.78 is 0. The van der Waals surface area contributed by atoms with E-state index >= 15 is 0 Å². The Labute approximate surface area is 143 Å². The number of hydrogen-bond acceptors (Lipinski definition) is 2. The van der Waals surface area contributed by atoms with Crippen LogP contribution in [0.4, 0.5) is 0 Å². The van der Waals surface area contributed by atoms with Crippen LogP contribution in [0.1, 0.15) is 42.5 Å². The van der Waals surface area contributed by atoms with Crippen LogP contribution < -0.4 is 0 Å². The van der Waals surface area contributed by atoms with Crippen LogP contribution in [0.15, 0.2) is 30.5 Å². The van der Waals surface area contributed by atoms with Crippen LogP contribution >= 0.6 is 0 Å². The molecule has 4 nitrogen and oxygen atoms in total. The first-order valence-corrected chi connectivity index (χ1v) is 9.20. The van der Waals surface area contributed by atoms with Gasteiger partial charge in [0.1, 0.15) is 0 Å². The molecule has 2 aliphatic rings. The lowest BCUT2D eigenvalue weighted by molar-refractivity contribution is 0.0543. The van der Waals surface area contributed by atoms with E-state index in [1.54, 1.807) is 0 Å². The Bertz CT molecular complexity index is 727. The summed E-state index contributed by atoms with van der Waals surface area (Å²) in [7, 11) is 2.23. The number of rotatable bonds is 1. The predicted octanol–water partition coefficient (Wildman–Crippen LogP) is 3.51. The van der Waals surface area contributed by atoms with Crippen molar-refractivity contribution in [2.24, 2.45) is 5.41 Å². The predicted molar refractivity (Wildman–Crippen MR) is 97.2 cm³/mol. The summed E-state index contributed by atoms with van der Waals surface area (Å²) in [5, 5.41) is 1.16. The Balaban J connectivity index is 1.44. The lowest BCUT2D eigenvalue weighted by atomic mass is 9.73. The molecule has 0 bridgehead atoms. The first-order valence-electron chi connectivity index (χ1n) is 9.20. The van der Waals surface area contributed by atoms with E-state index in [0.29, 0.717) is 5.41 Å². The van der Waals surface area contributed by atoms with E-state index in [1.807, 2.05) is 30.5 Å². The molecule has 1 aromatic heterocycles. The molecule has 1 aromatic carbocycles. The van der Waals surface area contributed by atoms with E-state index in [9.17, 15) is 4.79 Å². The van der Waals surface area contributed by atoms with E-state index in [2.05, 4.69) is 21.8 Å². The molecule has 0 saturated carbocycles. The molecule has 2 fully saturated rings. The van der Waals surface area contributed by atoms with Crippen LogP contribution in [0.2, 0.25) is 0 Å². The van der Waals surface area contributed by atoms with Crippen molar-refractivity contribution in [2.45, 2.75) is 32.1 Å². The van der Waals surface area contributed by atoms with Crippen molar-refractivity contribution in [3.63, 3.8) is 0 Å². The van der Waals surface area contributed by atoms with Gasteiger partial charge in [-0.2, -0.15) is 0 Å². The third-order valence-corrected chi connectivity index (χ3v) is 6.18. The minimum atomic E-state index is 0.187. The number of fused-ring (bicyclic) bond motifs is 1. The quantitative estimate of drug-likeness (QED) is 0.871. The molecular formula is C20H27N3O. The van der Waals surface area contributed by atoms with E-state index in [1.165, 1.54) is 32.4 Å². The van der Waals surface area contributed by atoms with Crippen LogP contribution in [-0.4, -0.2) is 53.9 Å². The highest BCUT2D eigenvalue weighted by Gasteiger charge is 2.36. The Morgan fingerprint density at radius 3 is 2.67 bits per heavy atom. The monoisotopic (exact) mass is 325 g/mol. The average molecular weight is 325 g/mol. The normalized spacial score (nSPS) is 22.0. The molecule has 0 aliphatic carbocycles. The summed E-state index contributed by atoms with van der Waals surface area (Å²) in [4.78, 5) is 20.6. The zero-order valence-corrected chi connectivity index (χ0v) is 14.6. The van der Waals surface area contributed by atoms with E-state index in [0.717, 1.165) is 42.4 Å².